The minimum Gasteiger partial charge on any atom is -0.505 e. The van der Waals surface area contributed by atoms with E-state index in [1.54, 1.807) is 30.3 Å². The number of hydrogen-bond donors (Lipinski definition) is 7. The molecule has 0 unspecified atom stereocenters. The fraction of sp³-hybridized carbons (Fsp3) is 0.0213. The Hall–Kier alpha value is -8.23. The number of phenolic OH excluding ortho intramolecular Hbond substituents is 1. The summed E-state index contributed by atoms with van der Waals surface area (Å²) >= 11 is 0. The summed E-state index contributed by atoms with van der Waals surface area (Å²) in [7, 11) is -23.2. The molecule has 7 N–H and O–H groups in total. The molecule has 9 rings (SSSR count). The Bertz CT molecular complexity index is 4640. The Labute approximate surface area is 430 Å². The number of nitrogens with one attached hydrogen (secondary N) is 1. The Morgan fingerprint density at radius 2 is 0.868 bits per heavy atom. The zero-order chi connectivity index (χ0) is 54.7. The number of nitrogens with zero attached hydrogens (tertiary/aromatic N) is 6. The molecular weight excluding hydrogens is 1090 g/mol. The maximum absolute atomic E-state index is 12.8. The molecule has 388 valence electrons. The highest BCUT2D eigenvalue weighted by molar-refractivity contribution is 7.87. The van der Waals surface area contributed by atoms with Crippen LogP contribution in [-0.4, -0.2) is 77.1 Å². The summed E-state index contributed by atoms with van der Waals surface area (Å²) in [6, 6.07) is 29.7. The second kappa shape index (κ2) is 19.5. The van der Waals surface area contributed by atoms with Crippen molar-refractivity contribution in [2.24, 2.45) is 30.7 Å². The van der Waals surface area contributed by atoms with Crippen molar-refractivity contribution in [3.63, 3.8) is 0 Å². The third kappa shape index (κ3) is 10.9. The number of aromatic hydroxyl groups is 1. The fourth-order valence-corrected chi connectivity index (χ4v) is 10.9. The van der Waals surface area contributed by atoms with Crippen molar-refractivity contribution in [2.45, 2.75) is 24.5 Å². The summed E-state index contributed by atoms with van der Waals surface area (Å²) in [5.74, 6) is -0.0605. The SMILES string of the molecule is COc1ccc(Nc2ccc3c(O)c(N=Nc4ccc(N=Nc5ccc(N=Nc6ccc7cc(S(=O)(=O)O)cc(S(=O)(=O)O)c7c6)c6ccc(S(=O)(=O)O)cc56)c5cc(S(=O)(=O)O)ccc45)c(S(=O)(=O)O)cc3c2)cc1. The normalized spacial score (nSPS) is 13.0. The number of hydrogen-bond acceptors (Lipinski definition) is 19. The smallest absolute Gasteiger partial charge is 0.296 e. The van der Waals surface area contributed by atoms with Crippen LogP contribution in [0.5, 0.6) is 11.5 Å². The van der Waals surface area contributed by atoms with Crippen LogP contribution in [0.3, 0.4) is 0 Å². The number of methoxy groups -OCH3 is 1. The summed E-state index contributed by atoms with van der Waals surface area (Å²) in [5.41, 5.74) is 0.291. The van der Waals surface area contributed by atoms with Gasteiger partial charge < -0.3 is 15.2 Å². The number of benzene rings is 9. The molecule has 0 aliphatic rings. The third-order valence-electron chi connectivity index (χ3n) is 11.4. The molecule has 24 nitrogen and oxygen atoms in total. The Kier molecular flexibility index (Phi) is 13.5. The zero-order valence-electron chi connectivity index (χ0n) is 38.2. The van der Waals surface area contributed by atoms with Crippen molar-refractivity contribution in [3.05, 3.63) is 140 Å². The zero-order valence-corrected chi connectivity index (χ0v) is 42.3. The van der Waals surface area contributed by atoms with E-state index in [0.717, 1.165) is 42.5 Å². The van der Waals surface area contributed by atoms with Gasteiger partial charge in [-0.15, -0.1) is 25.6 Å². The molecule has 9 aromatic carbocycles. The Morgan fingerprint density at radius 1 is 0.382 bits per heavy atom. The number of phenols is 1. The first-order valence-electron chi connectivity index (χ1n) is 21.2. The van der Waals surface area contributed by atoms with Crippen LogP contribution >= 0.6 is 0 Å². The van der Waals surface area contributed by atoms with Gasteiger partial charge in [-0.3, -0.25) is 22.8 Å². The summed E-state index contributed by atoms with van der Waals surface area (Å²) in [6.45, 7) is 0. The lowest BCUT2D eigenvalue weighted by Gasteiger charge is -2.12. The summed E-state index contributed by atoms with van der Waals surface area (Å²) in [6.07, 6.45) is 0. The minimum atomic E-state index is -5.08. The van der Waals surface area contributed by atoms with Crippen molar-refractivity contribution in [1.82, 2.24) is 0 Å². The van der Waals surface area contributed by atoms with E-state index in [4.69, 9.17) is 4.74 Å². The van der Waals surface area contributed by atoms with Gasteiger partial charge in [0, 0.05) is 43.7 Å². The number of fused-ring (bicyclic) bond motifs is 4. The minimum absolute atomic E-state index is 0.00292. The maximum atomic E-state index is 12.8. The Morgan fingerprint density at radius 3 is 1.38 bits per heavy atom. The van der Waals surface area contributed by atoms with Gasteiger partial charge in [0.2, 0.25) is 0 Å². The molecule has 0 saturated heterocycles. The highest BCUT2D eigenvalue weighted by Crippen LogP contribution is 2.45. The molecule has 0 aliphatic carbocycles. The number of ether oxygens (including phenoxy) is 1. The van der Waals surface area contributed by atoms with Crippen molar-refractivity contribution in [1.29, 1.82) is 0 Å². The van der Waals surface area contributed by atoms with E-state index < -0.39 is 86.5 Å². The topological polar surface area (TPSA) is 388 Å². The van der Waals surface area contributed by atoms with Gasteiger partial charge in [-0.05, 0) is 132 Å². The highest BCUT2D eigenvalue weighted by Gasteiger charge is 2.24. The van der Waals surface area contributed by atoms with Gasteiger partial charge in [0.15, 0.2) is 5.75 Å². The van der Waals surface area contributed by atoms with Gasteiger partial charge in [0.05, 0.1) is 50.2 Å². The van der Waals surface area contributed by atoms with Crippen LogP contribution in [0.4, 0.5) is 45.5 Å². The predicted octanol–water partition coefficient (Wildman–Crippen LogP) is 11.2. The predicted molar refractivity (Wildman–Crippen MR) is 275 cm³/mol. The van der Waals surface area contributed by atoms with E-state index in [-0.39, 0.29) is 71.5 Å². The van der Waals surface area contributed by atoms with E-state index >= 15 is 0 Å². The molecule has 0 aliphatic heterocycles. The van der Waals surface area contributed by atoms with Crippen molar-refractivity contribution >= 4 is 139 Å². The molecule has 0 radical (unpaired) electrons. The van der Waals surface area contributed by atoms with Gasteiger partial charge in [0.1, 0.15) is 21.2 Å². The quantitative estimate of drug-likeness (QED) is 0.0393. The summed E-state index contributed by atoms with van der Waals surface area (Å²) < 4.78 is 178. The summed E-state index contributed by atoms with van der Waals surface area (Å²) in [4.78, 5) is -3.67. The molecule has 0 atom stereocenters. The first kappa shape index (κ1) is 52.6. The van der Waals surface area contributed by atoms with Gasteiger partial charge in [-0.2, -0.15) is 47.2 Å². The molecule has 0 spiro atoms. The molecular formula is C47H33N7O17S5. The van der Waals surface area contributed by atoms with Gasteiger partial charge in [-0.25, -0.2) is 0 Å². The van der Waals surface area contributed by atoms with Crippen LogP contribution in [0, 0.1) is 0 Å². The third-order valence-corrected chi connectivity index (χ3v) is 15.7. The molecule has 0 aromatic heterocycles. The standard InChI is InChI=1S/C47H33N7O17S5/c1-71-30-7-4-27(5-8-30)48-28-6-11-34-26(18-28)20-45(76(68,69)70)46(47(34)55)54-53-41-15-17-43(39-23-32(73(59,60)61)10-13-36(39)41)52-51-42-16-14-40(35-12-9-31(22-38(35)42)72(56,57)58)50-49-29-3-2-25-19-33(74(62,63)64)24-44(37(25)21-29)75(65,66)67/h2-24,48,55H,1H3,(H,56,57,58)(H,59,60,61)(H,62,63,64)(H,65,66,67)(H,68,69,70). The van der Waals surface area contributed by atoms with Crippen molar-refractivity contribution in [3.8, 4) is 11.5 Å². The van der Waals surface area contributed by atoms with E-state index in [2.05, 4.69) is 36.0 Å². The molecule has 0 saturated carbocycles. The average molecular weight is 1130 g/mol. The number of azo groups is 3. The van der Waals surface area contributed by atoms with E-state index in [1.165, 1.54) is 67.8 Å². The van der Waals surface area contributed by atoms with Gasteiger partial charge in [0.25, 0.3) is 50.6 Å². The van der Waals surface area contributed by atoms with Crippen molar-refractivity contribution in [2.75, 3.05) is 12.4 Å². The van der Waals surface area contributed by atoms with E-state index in [9.17, 15) is 70.0 Å². The second-order valence-corrected chi connectivity index (χ2v) is 23.3. The van der Waals surface area contributed by atoms with Crippen LogP contribution in [0.2, 0.25) is 0 Å². The molecule has 0 fully saturated rings. The highest BCUT2D eigenvalue weighted by atomic mass is 32.2. The first-order valence-corrected chi connectivity index (χ1v) is 28.4. The van der Waals surface area contributed by atoms with Crippen LogP contribution in [0.25, 0.3) is 43.1 Å². The van der Waals surface area contributed by atoms with E-state index in [0.29, 0.717) is 23.2 Å². The molecule has 29 heteroatoms. The largest absolute Gasteiger partial charge is 0.505 e. The maximum Gasteiger partial charge on any atom is 0.296 e. The molecule has 0 heterocycles. The molecule has 0 amide bonds. The molecule has 76 heavy (non-hydrogen) atoms. The van der Waals surface area contributed by atoms with Crippen LogP contribution in [0.1, 0.15) is 0 Å². The lowest BCUT2D eigenvalue weighted by molar-refractivity contribution is 0.415. The Balaban J connectivity index is 1.10. The lowest BCUT2D eigenvalue weighted by Crippen LogP contribution is -2.04. The number of rotatable bonds is 14. The lowest BCUT2D eigenvalue weighted by atomic mass is 10.1. The fourth-order valence-electron chi connectivity index (χ4n) is 7.86. The second-order valence-electron chi connectivity index (χ2n) is 16.3. The monoisotopic (exact) mass is 1130 g/mol. The van der Waals surface area contributed by atoms with Gasteiger partial charge >= 0.3 is 0 Å². The first-order chi connectivity index (χ1) is 35.6. The number of anilines is 2. The summed E-state index contributed by atoms with van der Waals surface area (Å²) in [5, 5.41) is 40.0. The molecule has 9 aromatic rings. The van der Waals surface area contributed by atoms with Crippen LogP contribution < -0.4 is 10.1 Å². The molecule has 0 bridgehead atoms. The van der Waals surface area contributed by atoms with E-state index in [1.807, 2.05) is 0 Å². The van der Waals surface area contributed by atoms with Crippen LogP contribution in [0.15, 0.2) is 195 Å². The van der Waals surface area contributed by atoms with Crippen LogP contribution in [-0.2, 0) is 50.6 Å². The van der Waals surface area contributed by atoms with Crippen molar-refractivity contribution < 1.29 is 74.7 Å². The van der Waals surface area contributed by atoms with Gasteiger partial charge in [-0.1, -0.05) is 18.2 Å². The average Bonchev–Trinajstić information content (AvgIpc) is 3.37.